The Morgan fingerprint density at radius 2 is 2.12 bits per heavy atom. The number of benzene rings is 1. The van der Waals surface area contributed by atoms with Crippen molar-refractivity contribution in [3.05, 3.63) is 34.6 Å². The molecule has 1 unspecified atom stereocenters. The van der Waals surface area contributed by atoms with Gasteiger partial charge in [0.15, 0.2) is 0 Å². The van der Waals surface area contributed by atoms with Crippen LogP contribution in [0.1, 0.15) is 50.2 Å². The third kappa shape index (κ3) is 4.08. The normalized spacial score (nSPS) is 24.0. The Balaban J connectivity index is 1.64. The Morgan fingerprint density at radius 1 is 1.38 bits per heavy atom. The van der Waals surface area contributed by atoms with Crippen molar-refractivity contribution in [2.75, 3.05) is 19.7 Å². The molecule has 1 heterocycles. The summed E-state index contributed by atoms with van der Waals surface area (Å²) in [5.41, 5.74) is -0.0993. The zero-order chi connectivity index (χ0) is 17.2. The third-order valence-electron chi connectivity index (χ3n) is 5.00. The van der Waals surface area contributed by atoms with Gasteiger partial charge in [-0.3, -0.25) is 4.79 Å². The number of hydrogen-bond donors (Lipinski definition) is 1. The minimum absolute atomic E-state index is 0.0408. The molecule has 1 aliphatic heterocycles. The Hall–Kier alpha value is -1.17. The second-order valence-corrected chi connectivity index (χ2v) is 7.24. The van der Waals surface area contributed by atoms with E-state index in [1.165, 1.54) is 6.07 Å². The van der Waals surface area contributed by atoms with E-state index < -0.39 is 11.4 Å². The van der Waals surface area contributed by atoms with Gasteiger partial charge in [-0.2, -0.15) is 0 Å². The number of rotatable bonds is 3. The number of carbonyl (C=O) groups is 1. The van der Waals surface area contributed by atoms with Crippen LogP contribution in [0.5, 0.6) is 0 Å². The van der Waals surface area contributed by atoms with Crippen molar-refractivity contribution in [2.24, 2.45) is 0 Å². The molecule has 0 radical (unpaired) electrons. The molecule has 0 spiro atoms. The number of ether oxygens (including phenoxy) is 1. The molecule has 2 aliphatic rings. The number of hydrogen-bond acceptors (Lipinski definition) is 3. The van der Waals surface area contributed by atoms with Gasteiger partial charge in [-0.05, 0) is 30.5 Å². The zero-order valence-electron chi connectivity index (χ0n) is 13.6. The van der Waals surface area contributed by atoms with E-state index in [-0.39, 0.29) is 23.5 Å². The minimum Gasteiger partial charge on any atom is -0.389 e. The highest BCUT2D eigenvalue weighted by Crippen LogP contribution is 2.32. The highest BCUT2D eigenvalue weighted by Gasteiger charge is 2.35. The average Bonchev–Trinajstić information content (AvgIpc) is 2.58. The van der Waals surface area contributed by atoms with Gasteiger partial charge in [0, 0.05) is 6.54 Å². The molecule has 1 amide bonds. The van der Waals surface area contributed by atoms with E-state index in [0.29, 0.717) is 32.5 Å². The van der Waals surface area contributed by atoms with E-state index in [0.717, 1.165) is 24.8 Å². The fourth-order valence-electron chi connectivity index (χ4n) is 3.57. The first-order valence-corrected chi connectivity index (χ1v) is 8.91. The first-order valence-electron chi connectivity index (χ1n) is 8.54. The van der Waals surface area contributed by atoms with Crippen molar-refractivity contribution in [1.29, 1.82) is 0 Å². The molecule has 132 valence electrons. The van der Waals surface area contributed by atoms with Crippen LogP contribution in [-0.4, -0.2) is 41.2 Å². The molecule has 1 aromatic carbocycles. The number of amides is 1. The number of nitrogens with zero attached hydrogens (tertiary/aromatic N) is 1. The fraction of sp³-hybridized carbons (Fsp3) is 0.611. The summed E-state index contributed by atoms with van der Waals surface area (Å²) in [5.74, 6) is -0.510. The third-order valence-corrected chi connectivity index (χ3v) is 5.29. The fourth-order valence-corrected chi connectivity index (χ4v) is 3.76. The first kappa shape index (κ1) is 17.6. The van der Waals surface area contributed by atoms with Crippen LogP contribution in [0.25, 0.3) is 0 Å². The van der Waals surface area contributed by atoms with Crippen molar-refractivity contribution >= 4 is 17.5 Å². The molecule has 1 saturated heterocycles. The SMILES string of the molecule is O=C(CC1(O)CCCCC1)N1CCOC(c2ccc(F)c(Cl)c2)C1. The maximum absolute atomic E-state index is 13.3. The van der Waals surface area contributed by atoms with Crippen molar-refractivity contribution in [2.45, 2.75) is 50.2 Å². The lowest BCUT2D eigenvalue weighted by Gasteiger charge is -2.37. The van der Waals surface area contributed by atoms with Crippen LogP contribution in [0.15, 0.2) is 18.2 Å². The summed E-state index contributed by atoms with van der Waals surface area (Å²) in [7, 11) is 0. The van der Waals surface area contributed by atoms with Crippen LogP contribution >= 0.6 is 11.6 Å². The van der Waals surface area contributed by atoms with Crippen LogP contribution in [0.3, 0.4) is 0 Å². The molecule has 6 heteroatoms. The Labute approximate surface area is 146 Å². The molecule has 24 heavy (non-hydrogen) atoms. The van der Waals surface area contributed by atoms with Crippen molar-refractivity contribution < 1.29 is 19.0 Å². The summed E-state index contributed by atoms with van der Waals surface area (Å²) in [6.07, 6.45) is 4.32. The predicted molar refractivity (Wildman–Crippen MR) is 89.3 cm³/mol. The van der Waals surface area contributed by atoms with Crippen molar-refractivity contribution in [1.82, 2.24) is 4.90 Å². The number of carbonyl (C=O) groups excluding carboxylic acids is 1. The first-order chi connectivity index (χ1) is 11.5. The van der Waals surface area contributed by atoms with Gasteiger partial charge in [0.05, 0.1) is 30.2 Å². The molecule has 1 N–H and O–H groups in total. The summed E-state index contributed by atoms with van der Waals surface area (Å²) >= 11 is 5.83. The Bertz CT molecular complexity index is 604. The van der Waals surface area contributed by atoms with Crippen molar-refractivity contribution in [3.63, 3.8) is 0 Å². The van der Waals surface area contributed by atoms with E-state index in [9.17, 15) is 14.3 Å². The molecule has 1 atom stereocenters. The Kier molecular flexibility index (Phi) is 5.42. The summed E-state index contributed by atoms with van der Waals surface area (Å²) in [6.45, 7) is 1.33. The molecule has 0 bridgehead atoms. The standard InChI is InChI=1S/C18H23ClFNO3/c19-14-10-13(4-5-15(14)20)16-12-21(8-9-24-16)17(22)11-18(23)6-2-1-3-7-18/h4-5,10,16,23H,1-3,6-9,11-12H2. The molecule has 0 aromatic heterocycles. The van der Waals surface area contributed by atoms with Crippen LogP contribution in [0.2, 0.25) is 5.02 Å². The number of halogens is 2. The summed E-state index contributed by atoms with van der Waals surface area (Å²) in [4.78, 5) is 14.3. The predicted octanol–water partition coefficient (Wildman–Crippen LogP) is 3.46. The minimum atomic E-state index is -0.859. The molecular weight excluding hydrogens is 333 g/mol. The highest BCUT2D eigenvalue weighted by atomic mass is 35.5. The van der Waals surface area contributed by atoms with Crippen molar-refractivity contribution in [3.8, 4) is 0 Å². The molecule has 1 aliphatic carbocycles. The van der Waals surface area contributed by atoms with Gasteiger partial charge >= 0.3 is 0 Å². The van der Waals surface area contributed by atoms with Gasteiger partial charge in [0.2, 0.25) is 5.91 Å². The van der Waals surface area contributed by atoms with Gasteiger partial charge in [-0.25, -0.2) is 4.39 Å². The van der Waals surface area contributed by atoms with Gasteiger partial charge < -0.3 is 14.7 Å². The molecule has 1 saturated carbocycles. The van der Waals surface area contributed by atoms with Crippen LogP contribution in [-0.2, 0) is 9.53 Å². The van der Waals surface area contributed by atoms with Crippen LogP contribution < -0.4 is 0 Å². The van der Waals surface area contributed by atoms with Crippen LogP contribution in [0.4, 0.5) is 4.39 Å². The number of aliphatic hydroxyl groups is 1. The van der Waals surface area contributed by atoms with E-state index in [1.807, 2.05) is 0 Å². The smallest absolute Gasteiger partial charge is 0.225 e. The molecule has 2 fully saturated rings. The maximum Gasteiger partial charge on any atom is 0.225 e. The van der Waals surface area contributed by atoms with E-state index in [4.69, 9.17) is 16.3 Å². The second kappa shape index (κ2) is 7.38. The number of morpholine rings is 1. The second-order valence-electron chi connectivity index (χ2n) is 6.83. The summed E-state index contributed by atoms with van der Waals surface area (Å²) in [6, 6.07) is 4.49. The lowest BCUT2D eigenvalue weighted by molar-refractivity contribution is -0.145. The lowest BCUT2D eigenvalue weighted by atomic mass is 9.82. The molecule has 4 nitrogen and oxygen atoms in total. The lowest BCUT2D eigenvalue weighted by Crippen LogP contribution is -2.46. The Morgan fingerprint density at radius 3 is 2.83 bits per heavy atom. The van der Waals surface area contributed by atoms with Gasteiger partial charge in [0.25, 0.3) is 0 Å². The maximum atomic E-state index is 13.3. The summed E-state index contributed by atoms with van der Waals surface area (Å²) in [5, 5.41) is 10.6. The van der Waals surface area contributed by atoms with Gasteiger partial charge in [-0.1, -0.05) is 36.9 Å². The van der Waals surface area contributed by atoms with E-state index in [1.54, 1.807) is 17.0 Å². The highest BCUT2D eigenvalue weighted by molar-refractivity contribution is 6.30. The van der Waals surface area contributed by atoms with E-state index >= 15 is 0 Å². The topological polar surface area (TPSA) is 49.8 Å². The van der Waals surface area contributed by atoms with Gasteiger partial charge in [0.1, 0.15) is 11.9 Å². The van der Waals surface area contributed by atoms with E-state index in [2.05, 4.69) is 0 Å². The molecule has 1 aromatic rings. The zero-order valence-corrected chi connectivity index (χ0v) is 14.4. The van der Waals surface area contributed by atoms with Crippen LogP contribution in [0, 0.1) is 5.82 Å². The monoisotopic (exact) mass is 355 g/mol. The molecule has 3 rings (SSSR count). The molecular formula is C18H23ClFNO3. The quantitative estimate of drug-likeness (QED) is 0.903. The average molecular weight is 356 g/mol. The summed E-state index contributed by atoms with van der Waals surface area (Å²) < 4.78 is 19.0. The largest absolute Gasteiger partial charge is 0.389 e. The van der Waals surface area contributed by atoms with Gasteiger partial charge in [-0.15, -0.1) is 0 Å².